The van der Waals surface area contributed by atoms with E-state index in [1.165, 1.54) is 44.0 Å². The van der Waals surface area contributed by atoms with Gasteiger partial charge in [0.1, 0.15) is 22.0 Å². The van der Waals surface area contributed by atoms with E-state index in [0.717, 1.165) is 21.3 Å². The molecule has 0 atom stereocenters. The van der Waals surface area contributed by atoms with E-state index < -0.39 is 26.8 Å². The number of ketones is 1. The van der Waals surface area contributed by atoms with Crippen LogP contribution in [0.25, 0.3) is 34.3 Å². The number of rotatable bonds is 9. The third-order valence-corrected chi connectivity index (χ3v) is 10.5. The lowest BCUT2D eigenvalue weighted by atomic mass is 9.87. The molecule has 252 valence electrons. The normalized spacial score (nSPS) is 12.9. The molecule has 0 unspecified atom stereocenters. The number of aromatic nitrogens is 3. The Morgan fingerprint density at radius 3 is 2.24 bits per heavy atom. The summed E-state index contributed by atoms with van der Waals surface area (Å²) in [6.45, 7) is 5.06. The summed E-state index contributed by atoms with van der Waals surface area (Å²) in [6, 6.07) is 22.7. The number of carbonyl (C=O) groups excluding carboxylic acids is 1. The number of ether oxygens (including phenoxy) is 2. The molecular weight excluding hydrogens is 663 g/mol. The van der Waals surface area contributed by atoms with Gasteiger partial charge in [-0.15, -0.1) is 11.3 Å². The SMILES string of the molecule is COc1ccc(-c2nn(-c3ccccc3)cc2/C=c2\s/c(=C(\C#N)C(=O)C(C)(C)C)n(-c3cccc(S(=O)(=O)N(C)C)c3)c2=O)cc1OC. The third-order valence-electron chi connectivity index (χ3n) is 7.62. The topological polar surface area (TPSA) is 137 Å². The highest BCUT2D eigenvalue weighted by Gasteiger charge is 2.28. The van der Waals surface area contributed by atoms with Crippen molar-refractivity contribution < 1.29 is 22.7 Å². The van der Waals surface area contributed by atoms with E-state index in [1.54, 1.807) is 63.0 Å². The summed E-state index contributed by atoms with van der Waals surface area (Å²) in [5.74, 6) is 0.561. The first-order valence-corrected chi connectivity index (χ1v) is 17.3. The molecular formula is C36H35N5O6S2. The quantitative estimate of drug-likeness (QED) is 0.224. The van der Waals surface area contributed by atoms with Crippen molar-refractivity contribution in [2.75, 3.05) is 28.3 Å². The molecule has 0 saturated heterocycles. The first-order chi connectivity index (χ1) is 23.2. The average Bonchev–Trinajstić information content (AvgIpc) is 3.65. The van der Waals surface area contributed by atoms with Crippen LogP contribution in [0.3, 0.4) is 0 Å². The first kappa shape index (κ1) is 35.0. The number of thiazole rings is 1. The number of methoxy groups -OCH3 is 2. The molecule has 0 spiro atoms. The second kappa shape index (κ2) is 13.7. The van der Waals surface area contributed by atoms with E-state index >= 15 is 0 Å². The van der Waals surface area contributed by atoms with Crippen LogP contribution in [0.4, 0.5) is 0 Å². The van der Waals surface area contributed by atoms with E-state index in [1.807, 2.05) is 42.5 Å². The van der Waals surface area contributed by atoms with Gasteiger partial charge in [-0.1, -0.05) is 45.0 Å². The number of para-hydroxylation sites is 1. The molecule has 0 bridgehead atoms. The third kappa shape index (κ3) is 6.84. The molecule has 2 aromatic heterocycles. The summed E-state index contributed by atoms with van der Waals surface area (Å²) >= 11 is 0.968. The van der Waals surface area contributed by atoms with Crippen molar-refractivity contribution in [3.63, 3.8) is 0 Å². The Morgan fingerprint density at radius 2 is 1.63 bits per heavy atom. The molecule has 11 nitrogen and oxygen atoms in total. The van der Waals surface area contributed by atoms with Gasteiger partial charge in [-0.25, -0.2) is 17.4 Å². The molecule has 0 radical (unpaired) electrons. The largest absolute Gasteiger partial charge is 0.493 e. The molecule has 5 aromatic rings. The minimum Gasteiger partial charge on any atom is -0.493 e. The fourth-order valence-corrected chi connectivity index (χ4v) is 7.04. The number of sulfonamides is 1. The van der Waals surface area contributed by atoms with E-state index in [2.05, 4.69) is 0 Å². The summed E-state index contributed by atoms with van der Waals surface area (Å²) < 4.78 is 41.3. The lowest BCUT2D eigenvalue weighted by Crippen LogP contribution is -2.33. The second-order valence-electron chi connectivity index (χ2n) is 12.2. The van der Waals surface area contributed by atoms with Crippen LogP contribution in [-0.4, -0.2) is 61.2 Å². The van der Waals surface area contributed by atoms with Crippen LogP contribution in [0.5, 0.6) is 11.5 Å². The van der Waals surface area contributed by atoms with Crippen molar-refractivity contribution in [2.45, 2.75) is 25.7 Å². The van der Waals surface area contributed by atoms with Crippen molar-refractivity contribution >= 4 is 38.8 Å². The number of hydrogen-bond acceptors (Lipinski definition) is 9. The van der Waals surface area contributed by atoms with Gasteiger partial charge in [0, 0.05) is 36.8 Å². The lowest BCUT2D eigenvalue weighted by Gasteiger charge is -2.16. The fraction of sp³-hybridized carbons (Fsp3) is 0.222. The molecule has 2 heterocycles. The van der Waals surface area contributed by atoms with Gasteiger partial charge in [0.05, 0.1) is 35.0 Å². The van der Waals surface area contributed by atoms with Gasteiger partial charge < -0.3 is 9.47 Å². The zero-order valence-electron chi connectivity index (χ0n) is 28.1. The Bertz CT molecular complexity index is 2390. The summed E-state index contributed by atoms with van der Waals surface area (Å²) in [4.78, 5) is 27.9. The standard InChI is InChI=1S/C36H35N5O6S2/c1-36(2,3)33(42)28(21-37)35-41(26-14-11-15-27(20-26)49(44,45)39(4)5)34(43)31(48-35)19-24-22-40(25-12-9-8-10-13-25)38-32(24)23-16-17-29(46-6)30(18-23)47-7/h8-20,22H,1-7H3/b31-19-,35-28+. The Morgan fingerprint density at radius 1 is 0.959 bits per heavy atom. The van der Waals surface area contributed by atoms with Crippen LogP contribution in [0, 0.1) is 16.7 Å². The molecule has 0 aliphatic carbocycles. The molecule has 0 fully saturated rings. The smallest absolute Gasteiger partial charge is 0.273 e. The molecule has 5 rings (SSSR count). The minimum atomic E-state index is -3.87. The summed E-state index contributed by atoms with van der Waals surface area (Å²) in [5, 5.41) is 15.1. The predicted molar refractivity (Wildman–Crippen MR) is 189 cm³/mol. The van der Waals surface area contributed by atoms with Gasteiger partial charge in [-0.2, -0.15) is 10.4 Å². The number of nitrogens with zero attached hydrogens (tertiary/aromatic N) is 5. The Labute approximate surface area is 288 Å². The van der Waals surface area contributed by atoms with Crippen molar-refractivity contribution in [1.29, 1.82) is 5.26 Å². The van der Waals surface area contributed by atoms with E-state index in [4.69, 9.17) is 14.6 Å². The number of hydrogen-bond donors (Lipinski definition) is 0. The van der Waals surface area contributed by atoms with Gasteiger partial charge in [-0.3, -0.25) is 14.2 Å². The molecule has 0 N–H and O–H groups in total. The summed E-state index contributed by atoms with van der Waals surface area (Å²) in [5.41, 5.74) is 1.06. The summed E-state index contributed by atoms with van der Waals surface area (Å²) in [7, 11) is 2.03. The molecule has 0 aliphatic rings. The number of Topliss-reactive ketones (excluding diaryl/α,β-unsaturated/α-hetero) is 1. The fourth-order valence-electron chi connectivity index (χ4n) is 5.00. The van der Waals surface area contributed by atoms with Gasteiger partial charge in [0.15, 0.2) is 17.3 Å². The number of carbonyl (C=O) groups is 1. The molecule has 0 aliphatic heterocycles. The molecule has 3 aromatic carbocycles. The van der Waals surface area contributed by atoms with Gasteiger partial charge in [0.2, 0.25) is 10.0 Å². The molecule has 49 heavy (non-hydrogen) atoms. The van der Waals surface area contributed by atoms with Crippen LogP contribution in [0.1, 0.15) is 26.3 Å². The highest BCUT2D eigenvalue weighted by molar-refractivity contribution is 7.89. The van der Waals surface area contributed by atoms with Crippen molar-refractivity contribution in [1.82, 2.24) is 18.7 Å². The Balaban J connectivity index is 1.87. The maximum absolute atomic E-state index is 14.4. The predicted octanol–water partition coefficient (Wildman–Crippen LogP) is 4.14. The highest BCUT2D eigenvalue weighted by Crippen LogP contribution is 2.33. The van der Waals surface area contributed by atoms with Crippen LogP contribution >= 0.6 is 11.3 Å². The maximum atomic E-state index is 14.4. The van der Waals surface area contributed by atoms with Gasteiger partial charge in [0.25, 0.3) is 5.56 Å². The zero-order valence-corrected chi connectivity index (χ0v) is 29.7. The van der Waals surface area contributed by atoms with Crippen LogP contribution < -0.4 is 24.2 Å². The average molecular weight is 698 g/mol. The van der Waals surface area contributed by atoms with Crippen LogP contribution in [-0.2, 0) is 14.8 Å². The zero-order chi connectivity index (χ0) is 35.7. The van der Waals surface area contributed by atoms with E-state index in [0.29, 0.717) is 28.3 Å². The monoisotopic (exact) mass is 697 g/mol. The Hall–Kier alpha value is -5.29. The minimum absolute atomic E-state index is 0.0508. The first-order valence-electron chi connectivity index (χ1n) is 15.0. The van der Waals surface area contributed by atoms with Crippen molar-refractivity contribution in [3.8, 4) is 40.2 Å². The van der Waals surface area contributed by atoms with E-state index in [-0.39, 0.29) is 25.4 Å². The number of nitriles is 1. The van der Waals surface area contributed by atoms with E-state index in [9.17, 15) is 23.3 Å². The lowest BCUT2D eigenvalue weighted by molar-refractivity contribution is -0.120. The van der Waals surface area contributed by atoms with Gasteiger partial charge in [-0.05, 0) is 54.6 Å². The van der Waals surface area contributed by atoms with Crippen LogP contribution in [0.15, 0.2) is 88.7 Å². The van der Waals surface area contributed by atoms with Crippen molar-refractivity contribution in [3.05, 3.63) is 104 Å². The Kier molecular flexibility index (Phi) is 9.78. The molecule has 13 heteroatoms. The number of benzene rings is 3. The highest BCUT2D eigenvalue weighted by atomic mass is 32.2. The van der Waals surface area contributed by atoms with Crippen LogP contribution in [0.2, 0.25) is 0 Å². The maximum Gasteiger partial charge on any atom is 0.273 e. The molecule has 0 saturated carbocycles. The van der Waals surface area contributed by atoms with Crippen molar-refractivity contribution in [2.24, 2.45) is 5.41 Å². The second-order valence-corrected chi connectivity index (χ2v) is 15.4. The summed E-state index contributed by atoms with van der Waals surface area (Å²) in [6.07, 6.45) is 3.44. The molecule has 0 amide bonds. The van der Waals surface area contributed by atoms with Gasteiger partial charge >= 0.3 is 0 Å².